The van der Waals surface area contributed by atoms with Crippen LogP contribution >= 0.6 is 11.6 Å². The van der Waals surface area contributed by atoms with E-state index in [0.717, 1.165) is 12.5 Å². The summed E-state index contributed by atoms with van der Waals surface area (Å²) in [6.45, 7) is 3.69. The molecule has 0 bridgehead atoms. The number of halogens is 1. The maximum atomic E-state index is 12.1. The van der Waals surface area contributed by atoms with Crippen molar-refractivity contribution in [1.29, 1.82) is 0 Å². The molecule has 0 heterocycles. The summed E-state index contributed by atoms with van der Waals surface area (Å²) in [4.78, 5) is 23.6. The molecule has 28 heavy (non-hydrogen) atoms. The Hall–Kier alpha value is -2.42. The van der Waals surface area contributed by atoms with Crippen molar-refractivity contribution in [3.05, 3.63) is 58.6 Å². The van der Waals surface area contributed by atoms with Gasteiger partial charge in [0.2, 0.25) is 10.0 Å². The second-order valence-corrected chi connectivity index (χ2v) is 8.18. The van der Waals surface area contributed by atoms with Crippen LogP contribution in [0, 0.1) is 0 Å². The number of esters is 1. The minimum atomic E-state index is -4.09. The summed E-state index contributed by atoms with van der Waals surface area (Å²) in [6, 6.07) is 10.9. The van der Waals surface area contributed by atoms with Crippen molar-refractivity contribution < 1.29 is 22.7 Å². The monoisotopic (exact) mass is 424 g/mol. The number of nitrogens with one attached hydrogen (secondary N) is 1. The molecule has 0 fully saturated rings. The van der Waals surface area contributed by atoms with Gasteiger partial charge in [0.15, 0.2) is 6.61 Å². The number of amides is 1. The number of sulfonamides is 1. The van der Waals surface area contributed by atoms with Crippen molar-refractivity contribution in [3.63, 3.8) is 0 Å². The molecular weight excluding hydrogens is 404 g/mol. The van der Waals surface area contributed by atoms with E-state index in [9.17, 15) is 18.0 Å². The third-order valence-electron chi connectivity index (χ3n) is 4.18. The van der Waals surface area contributed by atoms with Crippen LogP contribution < -0.4 is 10.5 Å². The van der Waals surface area contributed by atoms with Crippen molar-refractivity contribution in [2.45, 2.75) is 31.1 Å². The summed E-state index contributed by atoms with van der Waals surface area (Å²) in [7, 11) is -4.09. The lowest BCUT2D eigenvalue weighted by molar-refractivity contribution is -0.119. The minimum Gasteiger partial charge on any atom is -0.452 e. The molecule has 0 aromatic heterocycles. The first-order chi connectivity index (χ1) is 13.1. The fraction of sp³-hybridized carbons (Fsp3) is 0.263. The van der Waals surface area contributed by atoms with Gasteiger partial charge < -0.3 is 10.1 Å². The second-order valence-electron chi connectivity index (χ2n) is 6.25. The van der Waals surface area contributed by atoms with E-state index in [2.05, 4.69) is 19.2 Å². The molecule has 0 aliphatic rings. The van der Waals surface area contributed by atoms with Gasteiger partial charge in [0.25, 0.3) is 5.91 Å². The van der Waals surface area contributed by atoms with Crippen LogP contribution in [0.1, 0.15) is 42.1 Å². The standard InChI is InChI=1S/C19H21ClN2O5S/c1-3-12(2)13-4-7-15(8-5-13)22-18(23)11-27-19(24)14-6-9-16(20)17(10-14)28(21,25)26/h4-10,12H,3,11H2,1-2H3,(H,22,23)(H2,21,25,26)/t12-/m1/s1. The van der Waals surface area contributed by atoms with E-state index in [-0.39, 0.29) is 10.6 Å². The molecule has 150 valence electrons. The van der Waals surface area contributed by atoms with Crippen LogP contribution in [-0.4, -0.2) is 26.9 Å². The highest BCUT2D eigenvalue weighted by Crippen LogP contribution is 2.22. The van der Waals surface area contributed by atoms with Crippen LogP contribution in [0.2, 0.25) is 5.02 Å². The van der Waals surface area contributed by atoms with Crippen LogP contribution in [0.4, 0.5) is 5.69 Å². The number of hydrogen-bond donors (Lipinski definition) is 2. The lowest BCUT2D eigenvalue weighted by atomic mass is 9.99. The van der Waals surface area contributed by atoms with Gasteiger partial charge in [-0.3, -0.25) is 4.79 Å². The summed E-state index contributed by atoms with van der Waals surface area (Å²) in [5.74, 6) is -0.971. The number of carbonyl (C=O) groups excluding carboxylic acids is 2. The summed E-state index contributed by atoms with van der Waals surface area (Å²) >= 11 is 5.77. The predicted octanol–water partition coefficient (Wildman–Crippen LogP) is 3.30. The number of hydrogen-bond acceptors (Lipinski definition) is 5. The van der Waals surface area contributed by atoms with Gasteiger partial charge in [-0.1, -0.05) is 37.6 Å². The normalized spacial score (nSPS) is 12.3. The summed E-state index contributed by atoms with van der Waals surface area (Å²) < 4.78 is 27.8. The first kappa shape index (κ1) is 21.9. The average Bonchev–Trinajstić information content (AvgIpc) is 2.65. The summed E-state index contributed by atoms with van der Waals surface area (Å²) in [5, 5.41) is 7.56. The molecule has 2 aromatic carbocycles. The molecule has 0 saturated carbocycles. The number of carbonyl (C=O) groups is 2. The largest absolute Gasteiger partial charge is 0.452 e. The summed E-state index contributed by atoms with van der Waals surface area (Å²) in [6.07, 6.45) is 1.01. The van der Waals surface area contributed by atoms with Gasteiger partial charge in [-0.05, 0) is 48.2 Å². The molecule has 0 aliphatic carbocycles. The molecule has 2 aromatic rings. The van der Waals surface area contributed by atoms with E-state index in [1.54, 1.807) is 12.1 Å². The molecule has 1 amide bonds. The van der Waals surface area contributed by atoms with E-state index in [1.165, 1.54) is 17.7 Å². The van der Waals surface area contributed by atoms with Crippen LogP contribution in [0.25, 0.3) is 0 Å². The van der Waals surface area contributed by atoms with Crippen molar-refractivity contribution in [2.75, 3.05) is 11.9 Å². The third-order valence-corrected chi connectivity index (χ3v) is 5.58. The van der Waals surface area contributed by atoms with Crippen LogP contribution in [-0.2, 0) is 19.6 Å². The van der Waals surface area contributed by atoms with E-state index < -0.39 is 33.4 Å². The van der Waals surface area contributed by atoms with Gasteiger partial charge in [0.05, 0.1) is 10.6 Å². The van der Waals surface area contributed by atoms with Crippen molar-refractivity contribution >= 4 is 39.2 Å². The molecule has 7 nitrogen and oxygen atoms in total. The first-order valence-electron chi connectivity index (χ1n) is 8.51. The summed E-state index contributed by atoms with van der Waals surface area (Å²) in [5.41, 5.74) is 1.66. The second kappa shape index (κ2) is 9.18. The van der Waals surface area contributed by atoms with Crippen LogP contribution in [0.3, 0.4) is 0 Å². The van der Waals surface area contributed by atoms with E-state index in [1.807, 2.05) is 12.1 Å². The fourth-order valence-corrected chi connectivity index (χ4v) is 3.46. The number of rotatable bonds is 7. The SMILES string of the molecule is CC[C@@H](C)c1ccc(NC(=O)COC(=O)c2ccc(Cl)c(S(N)(=O)=O)c2)cc1. The Bertz CT molecular complexity index is 974. The lowest BCUT2D eigenvalue weighted by Crippen LogP contribution is -2.21. The quantitative estimate of drug-likeness (QED) is 0.661. The van der Waals surface area contributed by atoms with Crippen molar-refractivity contribution in [2.24, 2.45) is 5.14 Å². The number of anilines is 1. The molecular formula is C19H21ClN2O5S. The minimum absolute atomic E-state index is 0.0841. The predicted molar refractivity (Wildman–Crippen MR) is 107 cm³/mol. The zero-order valence-electron chi connectivity index (χ0n) is 15.4. The van der Waals surface area contributed by atoms with Crippen LogP contribution in [0.15, 0.2) is 47.4 Å². The maximum Gasteiger partial charge on any atom is 0.338 e. The Morgan fingerprint density at radius 2 is 1.82 bits per heavy atom. The highest BCUT2D eigenvalue weighted by atomic mass is 35.5. The Labute approximate surface area is 168 Å². The Morgan fingerprint density at radius 1 is 1.18 bits per heavy atom. The average molecular weight is 425 g/mol. The first-order valence-corrected chi connectivity index (χ1v) is 10.4. The molecule has 0 spiro atoms. The van der Waals surface area contributed by atoms with Gasteiger partial charge in [-0.25, -0.2) is 18.4 Å². The van der Waals surface area contributed by atoms with Crippen molar-refractivity contribution in [1.82, 2.24) is 0 Å². The van der Waals surface area contributed by atoms with Gasteiger partial charge in [0.1, 0.15) is 4.90 Å². The lowest BCUT2D eigenvalue weighted by Gasteiger charge is -2.11. The fourth-order valence-electron chi connectivity index (χ4n) is 2.39. The van der Waals surface area contributed by atoms with E-state index >= 15 is 0 Å². The number of ether oxygens (including phenoxy) is 1. The topological polar surface area (TPSA) is 116 Å². The van der Waals surface area contributed by atoms with Gasteiger partial charge in [-0.2, -0.15) is 0 Å². The number of primary sulfonamides is 1. The van der Waals surface area contributed by atoms with Crippen LogP contribution in [0.5, 0.6) is 0 Å². The van der Waals surface area contributed by atoms with E-state index in [0.29, 0.717) is 11.6 Å². The molecule has 0 saturated heterocycles. The number of nitrogens with two attached hydrogens (primary N) is 1. The molecule has 0 radical (unpaired) electrons. The number of benzene rings is 2. The van der Waals surface area contributed by atoms with E-state index in [4.69, 9.17) is 21.5 Å². The molecule has 3 N–H and O–H groups in total. The van der Waals surface area contributed by atoms with Gasteiger partial charge in [0, 0.05) is 5.69 Å². The van der Waals surface area contributed by atoms with Gasteiger partial charge in [-0.15, -0.1) is 0 Å². The Morgan fingerprint density at radius 3 is 2.39 bits per heavy atom. The highest BCUT2D eigenvalue weighted by Gasteiger charge is 2.18. The molecule has 2 rings (SSSR count). The smallest absolute Gasteiger partial charge is 0.338 e. The third kappa shape index (κ3) is 5.79. The Balaban J connectivity index is 1.96. The molecule has 9 heteroatoms. The Kier molecular flexibility index (Phi) is 7.17. The molecule has 0 unspecified atom stereocenters. The van der Waals surface area contributed by atoms with Gasteiger partial charge >= 0.3 is 5.97 Å². The van der Waals surface area contributed by atoms with Crippen molar-refractivity contribution in [3.8, 4) is 0 Å². The molecule has 0 aliphatic heterocycles. The highest BCUT2D eigenvalue weighted by molar-refractivity contribution is 7.89. The maximum absolute atomic E-state index is 12.1. The molecule has 1 atom stereocenters. The zero-order valence-corrected chi connectivity index (χ0v) is 17.0. The zero-order chi connectivity index (χ0) is 20.9.